The van der Waals surface area contributed by atoms with Crippen LogP contribution in [0, 0.1) is 0 Å². The second kappa shape index (κ2) is 8.27. The fourth-order valence-electron chi connectivity index (χ4n) is 1.22. The van der Waals surface area contributed by atoms with Crippen LogP contribution < -0.4 is 5.32 Å². The number of nitrogens with one attached hydrogen (secondary N) is 1. The predicted octanol–water partition coefficient (Wildman–Crippen LogP) is 2.36. The van der Waals surface area contributed by atoms with Crippen molar-refractivity contribution in [3.8, 4) is 0 Å². The predicted molar refractivity (Wildman–Crippen MR) is 58.0 cm³/mol. The highest BCUT2D eigenvalue weighted by molar-refractivity contribution is 5.01. The largest absolute Gasteiger partial charge is 0.381 e. The Bertz CT molecular complexity index is 134. The molecule has 0 aromatic carbocycles. The molecule has 0 saturated heterocycles. The van der Waals surface area contributed by atoms with E-state index in [1.54, 1.807) is 0 Å². The summed E-state index contributed by atoms with van der Waals surface area (Å²) in [5.74, 6) is 0. The third kappa shape index (κ3) is 6.79. The Hall–Kier alpha value is -0.340. The van der Waals surface area contributed by atoms with Crippen LogP contribution in [0.25, 0.3) is 0 Å². The van der Waals surface area contributed by atoms with Crippen LogP contribution in [-0.4, -0.2) is 25.8 Å². The molecule has 0 saturated carbocycles. The third-order valence-electron chi connectivity index (χ3n) is 1.94. The molecule has 0 aliphatic rings. The summed E-state index contributed by atoms with van der Waals surface area (Å²) >= 11 is 0. The van der Waals surface area contributed by atoms with E-state index in [2.05, 4.69) is 32.7 Å². The van der Waals surface area contributed by atoms with Crippen LogP contribution in [0.4, 0.5) is 0 Å². The topological polar surface area (TPSA) is 21.3 Å². The van der Waals surface area contributed by atoms with Gasteiger partial charge in [-0.3, -0.25) is 0 Å². The van der Waals surface area contributed by atoms with Gasteiger partial charge in [-0.05, 0) is 26.3 Å². The summed E-state index contributed by atoms with van der Waals surface area (Å²) in [6.07, 6.45) is 2.13. The number of hydrogen-bond donors (Lipinski definition) is 1. The van der Waals surface area contributed by atoms with E-state index in [1.165, 1.54) is 5.57 Å². The summed E-state index contributed by atoms with van der Waals surface area (Å²) < 4.78 is 5.43. The maximum atomic E-state index is 5.43. The van der Waals surface area contributed by atoms with Crippen LogP contribution in [0.5, 0.6) is 0 Å². The lowest BCUT2D eigenvalue weighted by atomic mass is 10.1. The molecule has 2 nitrogen and oxygen atoms in total. The molecule has 0 heterocycles. The van der Waals surface area contributed by atoms with Crippen LogP contribution in [0.2, 0.25) is 0 Å². The summed E-state index contributed by atoms with van der Waals surface area (Å²) in [7, 11) is 0. The number of likely N-dealkylation sites (N-methyl/N-ethyl adjacent to an activating group) is 1. The quantitative estimate of drug-likeness (QED) is 0.463. The maximum absolute atomic E-state index is 5.43. The lowest BCUT2D eigenvalue weighted by Gasteiger charge is -2.17. The molecular formula is C11H23NO. The molecule has 0 amide bonds. The normalized spacial score (nSPS) is 12.8. The highest BCUT2D eigenvalue weighted by Crippen LogP contribution is 2.03. The van der Waals surface area contributed by atoms with E-state index in [4.69, 9.17) is 4.74 Å². The number of rotatable bonds is 8. The molecule has 0 radical (unpaired) electrons. The molecule has 78 valence electrons. The minimum atomic E-state index is 0.418. The lowest BCUT2D eigenvalue weighted by molar-refractivity contribution is 0.127. The van der Waals surface area contributed by atoms with Crippen LogP contribution in [0.1, 0.15) is 33.6 Å². The first-order valence-corrected chi connectivity index (χ1v) is 5.18. The Morgan fingerprint density at radius 1 is 1.38 bits per heavy atom. The van der Waals surface area contributed by atoms with Crippen molar-refractivity contribution in [1.82, 2.24) is 5.32 Å². The zero-order valence-electron chi connectivity index (χ0n) is 9.23. The highest BCUT2D eigenvalue weighted by atomic mass is 16.5. The van der Waals surface area contributed by atoms with E-state index in [0.717, 1.165) is 32.6 Å². The van der Waals surface area contributed by atoms with Crippen molar-refractivity contribution in [1.29, 1.82) is 0 Å². The summed E-state index contributed by atoms with van der Waals surface area (Å²) in [6.45, 7) is 13.0. The van der Waals surface area contributed by atoms with E-state index < -0.39 is 0 Å². The van der Waals surface area contributed by atoms with Crippen molar-refractivity contribution >= 4 is 0 Å². The van der Waals surface area contributed by atoms with Gasteiger partial charge in [0, 0.05) is 19.3 Å². The number of ether oxygens (including phenoxy) is 1. The van der Waals surface area contributed by atoms with Crippen LogP contribution in [-0.2, 0) is 4.74 Å². The fraction of sp³-hybridized carbons (Fsp3) is 0.818. The van der Waals surface area contributed by atoms with Crippen LogP contribution in [0.15, 0.2) is 12.2 Å². The van der Waals surface area contributed by atoms with E-state index in [1.807, 2.05) is 0 Å². The first kappa shape index (κ1) is 12.7. The SMILES string of the molecule is C=C(C)C(CCOCCC)NCC. The second-order valence-electron chi connectivity index (χ2n) is 3.36. The highest BCUT2D eigenvalue weighted by Gasteiger charge is 2.06. The van der Waals surface area contributed by atoms with Gasteiger partial charge in [-0.2, -0.15) is 0 Å². The molecule has 1 unspecified atom stereocenters. The molecule has 0 fully saturated rings. The monoisotopic (exact) mass is 185 g/mol. The van der Waals surface area contributed by atoms with Gasteiger partial charge in [0.2, 0.25) is 0 Å². The molecule has 0 aliphatic carbocycles. The van der Waals surface area contributed by atoms with Crippen LogP contribution >= 0.6 is 0 Å². The first-order chi connectivity index (χ1) is 6.22. The molecule has 0 aromatic rings. The van der Waals surface area contributed by atoms with Crippen molar-refractivity contribution in [2.45, 2.75) is 39.7 Å². The van der Waals surface area contributed by atoms with Gasteiger partial charge < -0.3 is 10.1 Å². The summed E-state index contributed by atoms with van der Waals surface area (Å²) in [4.78, 5) is 0. The summed E-state index contributed by atoms with van der Waals surface area (Å²) in [6, 6.07) is 0.418. The first-order valence-electron chi connectivity index (χ1n) is 5.18. The smallest absolute Gasteiger partial charge is 0.0484 e. The zero-order chi connectivity index (χ0) is 10.1. The van der Waals surface area contributed by atoms with E-state index in [0.29, 0.717) is 6.04 Å². The van der Waals surface area contributed by atoms with Crippen molar-refractivity contribution in [2.24, 2.45) is 0 Å². The number of hydrogen-bond acceptors (Lipinski definition) is 2. The van der Waals surface area contributed by atoms with Gasteiger partial charge in [0.25, 0.3) is 0 Å². The van der Waals surface area contributed by atoms with E-state index in [-0.39, 0.29) is 0 Å². The molecule has 2 heteroatoms. The molecule has 0 bridgehead atoms. The van der Waals surface area contributed by atoms with E-state index in [9.17, 15) is 0 Å². The van der Waals surface area contributed by atoms with Gasteiger partial charge in [0.1, 0.15) is 0 Å². The average molecular weight is 185 g/mol. The van der Waals surface area contributed by atoms with Gasteiger partial charge in [0.15, 0.2) is 0 Å². The van der Waals surface area contributed by atoms with Crippen molar-refractivity contribution in [3.63, 3.8) is 0 Å². The fourth-order valence-corrected chi connectivity index (χ4v) is 1.22. The Kier molecular flexibility index (Phi) is 8.05. The molecule has 0 spiro atoms. The van der Waals surface area contributed by atoms with E-state index >= 15 is 0 Å². The maximum Gasteiger partial charge on any atom is 0.0484 e. The minimum absolute atomic E-state index is 0.418. The summed E-state index contributed by atoms with van der Waals surface area (Å²) in [5.41, 5.74) is 1.20. The Balaban J connectivity index is 3.51. The second-order valence-corrected chi connectivity index (χ2v) is 3.36. The Morgan fingerprint density at radius 3 is 2.54 bits per heavy atom. The molecule has 0 aliphatic heterocycles. The molecule has 0 aromatic heterocycles. The molecule has 1 N–H and O–H groups in total. The Morgan fingerprint density at radius 2 is 2.08 bits per heavy atom. The lowest BCUT2D eigenvalue weighted by Crippen LogP contribution is -2.30. The third-order valence-corrected chi connectivity index (χ3v) is 1.94. The average Bonchev–Trinajstić information content (AvgIpc) is 2.10. The van der Waals surface area contributed by atoms with Crippen molar-refractivity contribution in [2.75, 3.05) is 19.8 Å². The van der Waals surface area contributed by atoms with Gasteiger partial charge >= 0.3 is 0 Å². The Labute approximate surface area is 82.4 Å². The molecule has 0 rings (SSSR count). The standard InChI is InChI=1S/C11H23NO/c1-5-8-13-9-7-11(10(3)4)12-6-2/h11-12H,3,5-9H2,1-2,4H3. The van der Waals surface area contributed by atoms with Crippen molar-refractivity contribution in [3.05, 3.63) is 12.2 Å². The van der Waals surface area contributed by atoms with Gasteiger partial charge in [-0.1, -0.05) is 26.0 Å². The minimum Gasteiger partial charge on any atom is -0.381 e. The van der Waals surface area contributed by atoms with Crippen LogP contribution in [0.3, 0.4) is 0 Å². The molecule has 13 heavy (non-hydrogen) atoms. The zero-order valence-corrected chi connectivity index (χ0v) is 9.23. The molecule has 1 atom stereocenters. The molecular weight excluding hydrogens is 162 g/mol. The van der Waals surface area contributed by atoms with Gasteiger partial charge in [0.05, 0.1) is 0 Å². The van der Waals surface area contributed by atoms with Crippen molar-refractivity contribution < 1.29 is 4.74 Å². The van der Waals surface area contributed by atoms with Gasteiger partial charge in [-0.25, -0.2) is 0 Å². The summed E-state index contributed by atoms with van der Waals surface area (Å²) in [5, 5.41) is 3.38. The van der Waals surface area contributed by atoms with Gasteiger partial charge in [-0.15, -0.1) is 0 Å².